The second-order valence-corrected chi connectivity index (χ2v) is 5.95. The van der Waals surface area contributed by atoms with Gasteiger partial charge in [0.2, 0.25) is 0 Å². The highest BCUT2D eigenvalue weighted by atomic mass is 19.4. The van der Waals surface area contributed by atoms with Crippen LogP contribution in [0.2, 0.25) is 0 Å². The molecule has 8 nitrogen and oxygen atoms in total. The zero-order valence-electron chi connectivity index (χ0n) is 14.5. The number of aromatic amines is 1. The van der Waals surface area contributed by atoms with Crippen molar-refractivity contribution in [2.75, 3.05) is 13.3 Å². The van der Waals surface area contributed by atoms with Crippen LogP contribution in [0.25, 0.3) is 0 Å². The van der Waals surface area contributed by atoms with E-state index in [-0.39, 0.29) is 29.5 Å². The number of H-pyrrole nitrogens is 1. The Bertz CT molecular complexity index is 1060. The lowest BCUT2D eigenvalue weighted by molar-refractivity contribution is -0.141. The van der Waals surface area contributed by atoms with Gasteiger partial charge in [0, 0.05) is 23.3 Å². The van der Waals surface area contributed by atoms with E-state index in [4.69, 9.17) is 15.9 Å². The van der Waals surface area contributed by atoms with Crippen molar-refractivity contribution in [2.45, 2.75) is 18.9 Å². The zero-order valence-corrected chi connectivity index (χ0v) is 14.5. The Morgan fingerprint density at radius 3 is 2.69 bits per heavy atom. The molecule has 0 saturated carbocycles. The van der Waals surface area contributed by atoms with E-state index in [9.17, 15) is 32.4 Å². The van der Waals surface area contributed by atoms with E-state index < -0.39 is 48.4 Å². The molecule has 1 aromatic carbocycles. The Kier molecular flexibility index (Phi) is 5.47. The largest absolute Gasteiger partial charge is 0.781 e. The minimum absolute atomic E-state index is 0.00551. The van der Waals surface area contributed by atoms with Crippen LogP contribution in [-0.4, -0.2) is 28.0 Å². The van der Waals surface area contributed by atoms with E-state index in [1.54, 1.807) is 0 Å². The van der Waals surface area contributed by atoms with Crippen LogP contribution in [0.1, 0.15) is 23.0 Å². The molecule has 0 fully saturated rings. The van der Waals surface area contributed by atoms with Crippen LogP contribution in [0.5, 0.6) is 5.75 Å². The summed E-state index contributed by atoms with van der Waals surface area (Å²) in [5.74, 6) is 1.28. The Morgan fingerprint density at radius 1 is 1.34 bits per heavy atom. The molecule has 0 aliphatic carbocycles. The molecule has 1 aliphatic rings. The van der Waals surface area contributed by atoms with Gasteiger partial charge < -0.3 is 24.7 Å². The zero-order chi connectivity index (χ0) is 21.3. The van der Waals surface area contributed by atoms with Gasteiger partial charge in [-0.05, 0) is 6.07 Å². The fraction of sp³-hybridized carbons (Fsp3) is 0.294. The molecule has 0 amide bonds. The first-order valence-corrected chi connectivity index (χ1v) is 7.97. The van der Waals surface area contributed by atoms with Gasteiger partial charge in [0.05, 0.1) is 6.54 Å². The molecule has 1 N–H and O–H groups in total. The van der Waals surface area contributed by atoms with Gasteiger partial charge in [-0.3, -0.25) is 9.36 Å². The highest BCUT2D eigenvalue weighted by Gasteiger charge is 2.33. The minimum atomic E-state index is -4.93. The van der Waals surface area contributed by atoms with E-state index in [0.29, 0.717) is 9.63 Å². The number of nitrogens with one attached hydrogen (secondary N) is 1. The highest BCUT2D eigenvalue weighted by molar-refractivity contribution is 5.41. The van der Waals surface area contributed by atoms with Crippen molar-refractivity contribution in [1.82, 2.24) is 14.6 Å². The maximum atomic E-state index is 14.4. The van der Waals surface area contributed by atoms with Crippen molar-refractivity contribution in [1.29, 1.82) is 0 Å². The summed E-state index contributed by atoms with van der Waals surface area (Å²) in [4.78, 5) is 25.4. The average molecular weight is 414 g/mol. The normalized spacial score (nSPS) is 16.8. The molecule has 2 aromatic rings. The Hall–Kier alpha value is -3.14. The topological polar surface area (TPSA) is 99.6 Å². The van der Waals surface area contributed by atoms with Crippen LogP contribution in [-0.2, 0) is 17.5 Å². The number of hydrogen-bond acceptors (Lipinski definition) is 6. The molecular weight excluding hydrogens is 402 g/mol. The van der Waals surface area contributed by atoms with Crippen molar-refractivity contribution in [3.05, 3.63) is 66.9 Å². The minimum Gasteiger partial charge on any atom is -0.781 e. The van der Waals surface area contributed by atoms with Gasteiger partial charge >= 0.3 is 11.9 Å². The quantitative estimate of drug-likeness (QED) is 0.602. The number of ether oxygens (including phenoxy) is 2. The molecule has 1 aromatic heterocycles. The molecule has 0 radical (unpaired) electrons. The molecule has 12 heteroatoms. The Morgan fingerprint density at radius 2 is 2.07 bits per heavy atom. The number of fused-ring (bicyclic) bond motifs is 1. The lowest BCUT2D eigenvalue weighted by Crippen LogP contribution is -2.38. The molecule has 0 saturated heterocycles. The standard InChI is InChI=1S/C17H12F4N3O5/c1-2-3-28-15-10-4-9(11(18)5-12(10)29-8-24(15)27)7-23-14(25)6-13(17(19,20)21)22-16(23)26/h1,4-6,15H,3,7-8H2,(H,22,26)/q-1. The number of alkyl halides is 3. The first-order chi connectivity index (χ1) is 13.6. The number of hydrogen-bond donors (Lipinski definition) is 1. The molecule has 3 rings (SSSR count). The van der Waals surface area contributed by atoms with Gasteiger partial charge in [-0.2, -0.15) is 13.2 Å². The summed E-state index contributed by atoms with van der Waals surface area (Å²) in [6, 6.07) is 2.24. The van der Waals surface area contributed by atoms with Crippen LogP contribution in [0.4, 0.5) is 17.6 Å². The number of rotatable bonds is 4. The van der Waals surface area contributed by atoms with Gasteiger partial charge in [0.15, 0.2) is 0 Å². The summed E-state index contributed by atoms with van der Waals surface area (Å²) >= 11 is 0. The van der Waals surface area contributed by atoms with Crippen molar-refractivity contribution in [2.24, 2.45) is 0 Å². The molecule has 2 heterocycles. The third kappa shape index (κ3) is 4.16. The highest BCUT2D eigenvalue weighted by Crippen LogP contribution is 2.36. The maximum Gasteiger partial charge on any atom is 0.431 e. The van der Waals surface area contributed by atoms with E-state index in [0.717, 1.165) is 12.1 Å². The van der Waals surface area contributed by atoms with Crippen molar-refractivity contribution in [3.8, 4) is 18.1 Å². The predicted molar refractivity (Wildman–Crippen MR) is 90.1 cm³/mol. The third-order valence-corrected chi connectivity index (χ3v) is 4.03. The predicted octanol–water partition coefficient (Wildman–Crippen LogP) is 1.54. The number of terminal acetylenes is 1. The number of aromatic nitrogens is 2. The van der Waals surface area contributed by atoms with Crippen LogP contribution in [0.3, 0.4) is 0 Å². The number of halogens is 4. The van der Waals surface area contributed by atoms with Crippen molar-refractivity contribution >= 4 is 0 Å². The molecular formula is C17H12F4N3O5-. The first-order valence-electron chi connectivity index (χ1n) is 7.97. The van der Waals surface area contributed by atoms with Crippen molar-refractivity contribution in [3.63, 3.8) is 0 Å². The molecule has 1 atom stereocenters. The Balaban J connectivity index is 2.01. The second-order valence-electron chi connectivity index (χ2n) is 5.95. The van der Waals surface area contributed by atoms with Crippen LogP contribution in [0.15, 0.2) is 27.8 Å². The van der Waals surface area contributed by atoms with E-state index in [1.165, 1.54) is 4.98 Å². The molecule has 0 spiro atoms. The van der Waals surface area contributed by atoms with Gasteiger partial charge in [-0.15, -0.1) is 6.42 Å². The van der Waals surface area contributed by atoms with Crippen LogP contribution >= 0.6 is 0 Å². The Labute approximate surface area is 159 Å². The summed E-state index contributed by atoms with van der Waals surface area (Å²) in [6.45, 7) is -1.36. The summed E-state index contributed by atoms with van der Waals surface area (Å²) < 4.78 is 63.2. The number of benzene rings is 1. The molecule has 154 valence electrons. The first kappa shape index (κ1) is 20.6. The van der Waals surface area contributed by atoms with Gasteiger partial charge in [-0.1, -0.05) is 5.92 Å². The van der Waals surface area contributed by atoms with Crippen molar-refractivity contribution < 1.29 is 27.0 Å². The number of nitrogens with zero attached hydrogens (tertiary/aromatic N) is 2. The van der Waals surface area contributed by atoms with Crippen LogP contribution in [0, 0.1) is 23.4 Å². The monoisotopic (exact) mass is 414 g/mol. The lowest BCUT2D eigenvalue weighted by atomic mass is 10.1. The smallest absolute Gasteiger partial charge is 0.431 e. The third-order valence-electron chi connectivity index (χ3n) is 4.03. The average Bonchev–Trinajstić information content (AvgIpc) is 2.63. The fourth-order valence-electron chi connectivity index (χ4n) is 2.71. The molecule has 0 bridgehead atoms. The summed E-state index contributed by atoms with van der Waals surface area (Å²) in [7, 11) is 0. The van der Waals surface area contributed by atoms with E-state index in [1.807, 2.05) is 0 Å². The number of hydroxylamine groups is 2. The van der Waals surface area contributed by atoms with E-state index in [2.05, 4.69) is 5.92 Å². The lowest BCUT2D eigenvalue weighted by Gasteiger charge is -2.40. The van der Waals surface area contributed by atoms with E-state index >= 15 is 0 Å². The van der Waals surface area contributed by atoms with Gasteiger partial charge in [0.1, 0.15) is 36.8 Å². The maximum absolute atomic E-state index is 14.4. The molecule has 29 heavy (non-hydrogen) atoms. The SMILES string of the molecule is C#CCOC1c2cc(Cn3c(=O)cc(C(F)(F)F)[nH]c3=O)c(F)cc2OCN1[O-]. The second kappa shape index (κ2) is 7.70. The fourth-order valence-corrected chi connectivity index (χ4v) is 2.71. The van der Waals surface area contributed by atoms with Gasteiger partial charge in [0.25, 0.3) is 5.56 Å². The summed E-state index contributed by atoms with van der Waals surface area (Å²) in [6.07, 6.45) is -1.05. The summed E-state index contributed by atoms with van der Waals surface area (Å²) in [5.41, 5.74) is -4.32. The molecule has 1 aliphatic heterocycles. The summed E-state index contributed by atoms with van der Waals surface area (Å²) in [5, 5.41) is 12.3. The van der Waals surface area contributed by atoms with Crippen LogP contribution < -0.4 is 16.0 Å². The van der Waals surface area contributed by atoms with Gasteiger partial charge in [-0.25, -0.2) is 9.18 Å². The molecule has 1 unspecified atom stereocenters.